The second-order valence-corrected chi connectivity index (χ2v) is 11.7. The lowest BCUT2D eigenvalue weighted by atomic mass is 10.0. The van der Waals surface area contributed by atoms with Crippen molar-refractivity contribution in [3.8, 4) is 22.6 Å². The van der Waals surface area contributed by atoms with Crippen molar-refractivity contribution in [1.29, 1.82) is 0 Å². The quantitative estimate of drug-likeness (QED) is 0.358. The molecule has 1 aromatic heterocycles. The van der Waals surface area contributed by atoms with E-state index in [0.717, 1.165) is 12.1 Å². The summed E-state index contributed by atoms with van der Waals surface area (Å²) < 4.78 is 90.0. The van der Waals surface area contributed by atoms with Crippen molar-refractivity contribution >= 4 is 33.3 Å². The molecule has 0 radical (unpaired) electrons. The molecule has 2 fully saturated rings. The van der Waals surface area contributed by atoms with Crippen LogP contribution in [0.4, 0.5) is 23.4 Å². The summed E-state index contributed by atoms with van der Waals surface area (Å²) in [5.41, 5.74) is -1.39. The van der Waals surface area contributed by atoms with Gasteiger partial charge in [0.15, 0.2) is 22.2 Å². The average Bonchev–Trinajstić information content (AvgIpc) is 3.55. The lowest BCUT2D eigenvalue weighted by Gasteiger charge is -2.21. The Balaban J connectivity index is 1.38. The first-order valence-electron chi connectivity index (χ1n) is 12.3. The molecule has 1 aliphatic heterocycles. The van der Waals surface area contributed by atoms with Gasteiger partial charge in [-0.3, -0.25) is 4.79 Å². The van der Waals surface area contributed by atoms with Crippen LogP contribution in [0.1, 0.15) is 19.3 Å². The second kappa shape index (κ2) is 10.7. The minimum atomic E-state index is -5.13. The van der Waals surface area contributed by atoms with Crippen molar-refractivity contribution in [2.75, 3.05) is 18.0 Å². The second-order valence-electron chi connectivity index (χ2n) is 9.59. The number of pyridine rings is 1. The number of ether oxygens (including phenoxy) is 2. The van der Waals surface area contributed by atoms with Crippen LogP contribution in [0.25, 0.3) is 11.1 Å². The number of carbonyl (C=O) groups is 1. The summed E-state index contributed by atoms with van der Waals surface area (Å²) in [6.45, 7) is 0.778. The third-order valence-corrected chi connectivity index (χ3v) is 8.00. The molecule has 2 aromatic carbocycles. The molecule has 5 rings (SSSR count). The lowest BCUT2D eigenvalue weighted by molar-refractivity contribution is -0.275. The maximum atomic E-state index is 14.0. The number of halogens is 5. The van der Waals surface area contributed by atoms with Crippen molar-refractivity contribution < 1.29 is 45.4 Å². The van der Waals surface area contributed by atoms with E-state index in [0.29, 0.717) is 25.3 Å². The molecular weight excluding hydrogens is 594 g/mol. The van der Waals surface area contributed by atoms with Gasteiger partial charge in [0, 0.05) is 36.5 Å². The van der Waals surface area contributed by atoms with Gasteiger partial charge in [0.25, 0.3) is 15.9 Å². The summed E-state index contributed by atoms with van der Waals surface area (Å²) in [7, 11) is -4.43. The number of aliphatic hydroxyl groups excluding tert-OH is 1. The van der Waals surface area contributed by atoms with E-state index in [2.05, 4.69) is 9.72 Å². The average molecular weight is 616 g/mol. The Morgan fingerprint density at radius 3 is 2.54 bits per heavy atom. The van der Waals surface area contributed by atoms with Crippen molar-refractivity contribution in [3.63, 3.8) is 0 Å². The maximum absolute atomic E-state index is 14.0. The molecule has 2 aliphatic rings. The zero-order valence-corrected chi connectivity index (χ0v) is 22.6. The summed E-state index contributed by atoms with van der Waals surface area (Å²) in [5.74, 6) is -3.01. The van der Waals surface area contributed by atoms with Gasteiger partial charge in [0.1, 0.15) is 11.6 Å². The summed E-state index contributed by atoms with van der Waals surface area (Å²) >= 11 is 6.10. The molecule has 2 heterocycles. The Labute approximate surface area is 236 Å². The number of hydrogen-bond donors (Lipinski definition) is 2. The van der Waals surface area contributed by atoms with Crippen LogP contribution in [-0.2, 0) is 14.8 Å². The fraction of sp³-hybridized carbons (Fsp3) is 0.308. The summed E-state index contributed by atoms with van der Waals surface area (Å²) in [6.07, 6.45) is -4.92. The highest BCUT2D eigenvalue weighted by molar-refractivity contribution is 7.90. The zero-order valence-electron chi connectivity index (χ0n) is 21.0. The van der Waals surface area contributed by atoms with Gasteiger partial charge < -0.3 is 19.5 Å². The first-order valence-corrected chi connectivity index (χ1v) is 14.1. The Kier molecular flexibility index (Phi) is 7.51. The van der Waals surface area contributed by atoms with Gasteiger partial charge >= 0.3 is 6.36 Å². The molecule has 1 aliphatic carbocycles. The summed E-state index contributed by atoms with van der Waals surface area (Å²) in [6, 6.07) is 11.2. The number of carbonyl (C=O) groups excluding carboxylic acids is 1. The number of β-amino-alcohol motifs (C(OH)–C–C–N with tert-alkyl or cyclic N) is 1. The Hall–Kier alpha value is -3.62. The monoisotopic (exact) mass is 615 g/mol. The van der Waals surface area contributed by atoms with Crippen LogP contribution >= 0.6 is 11.6 Å². The van der Waals surface area contributed by atoms with E-state index in [1.807, 2.05) is 4.72 Å². The molecular formula is C26H22ClF4N3O6S. The van der Waals surface area contributed by atoms with E-state index in [1.165, 1.54) is 36.4 Å². The number of benzene rings is 2. The van der Waals surface area contributed by atoms with Crippen LogP contribution in [0.2, 0.25) is 5.02 Å². The first-order chi connectivity index (χ1) is 19.2. The molecule has 1 saturated heterocycles. The number of alkyl halides is 3. The predicted octanol–water partition coefficient (Wildman–Crippen LogP) is 4.43. The Morgan fingerprint density at radius 2 is 1.88 bits per heavy atom. The SMILES string of the molecule is O=C(NS(=O)(=O)c1cccc(N2CC[C@H](O)C2)n1)C1(Oc2cc(Cl)ccc2-c2ccc(F)c(OC(F)(F)F)c2)CC1. The zero-order chi connectivity index (χ0) is 29.6. The minimum Gasteiger partial charge on any atom is -0.477 e. The maximum Gasteiger partial charge on any atom is 0.573 e. The summed E-state index contributed by atoms with van der Waals surface area (Å²) in [5, 5.41) is 9.52. The van der Waals surface area contributed by atoms with E-state index in [-0.39, 0.29) is 34.7 Å². The number of hydrogen-bond acceptors (Lipinski definition) is 8. The van der Waals surface area contributed by atoms with Gasteiger partial charge in [0.2, 0.25) is 0 Å². The van der Waals surface area contributed by atoms with Gasteiger partial charge in [-0.15, -0.1) is 13.2 Å². The number of aromatic nitrogens is 1. The third-order valence-electron chi connectivity index (χ3n) is 6.53. The number of sulfonamides is 1. The standard InChI is InChI=1S/C26H22ClF4N3O6S/c27-16-5-6-18(15-4-7-19(28)21(12-15)40-26(29,30)31)20(13-16)39-25(9-10-25)24(36)33-41(37,38)23-3-1-2-22(32-23)34-11-8-17(35)14-34/h1-7,12-13,17,35H,8-11,14H2,(H,33,36)/t17-/m0/s1. The van der Waals surface area contributed by atoms with Crippen LogP contribution in [0, 0.1) is 5.82 Å². The first kappa shape index (κ1) is 28.9. The van der Waals surface area contributed by atoms with Crippen molar-refractivity contribution in [3.05, 3.63) is 65.4 Å². The molecule has 2 N–H and O–H groups in total. The molecule has 3 aromatic rings. The van der Waals surface area contributed by atoms with Crippen molar-refractivity contribution in [2.45, 2.75) is 42.4 Å². The molecule has 0 spiro atoms. The number of nitrogens with one attached hydrogen (secondary N) is 1. The number of nitrogens with zero attached hydrogens (tertiary/aromatic N) is 2. The predicted molar refractivity (Wildman–Crippen MR) is 139 cm³/mol. The molecule has 1 amide bonds. The lowest BCUT2D eigenvalue weighted by Crippen LogP contribution is -2.43. The summed E-state index contributed by atoms with van der Waals surface area (Å²) in [4.78, 5) is 19.0. The van der Waals surface area contributed by atoms with E-state index >= 15 is 0 Å². The molecule has 0 unspecified atom stereocenters. The van der Waals surface area contributed by atoms with Gasteiger partial charge in [-0.25, -0.2) is 14.1 Å². The van der Waals surface area contributed by atoms with Crippen molar-refractivity contribution in [2.24, 2.45) is 0 Å². The molecule has 0 bridgehead atoms. The number of amides is 1. The van der Waals surface area contributed by atoms with Gasteiger partial charge in [0.05, 0.1) is 6.10 Å². The minimum absolute atomic E-state index is 0.0418. The molecule has 1 saturated carbocycles. The highest BCUT2D eigenvalue weighted by Crippen LogP contribution is 2.45. The highest BCUT2D eigenvalue weighted by Gasteiger charge is 2.54. The van der Waals surface area contributed by atoms with Gasteiger partial charge in [-0.05, 0) is 54.4 Å². The largest absolute Gasteiger partial charge is 0.573 e. The Bertz CT molecular complexity index is 1600. The van der Waals surface area contributed by atoms with E-state index in [9.17, 15) is 35.9 Å². The van der Waals surface area contributed by atoms with E-state index in [1.54, 1.807) is 11.0 Å². The van der Waals surface area contributed by atoms with Gasteiger partial charge in [-0.2, -0.15) is 8.42 Å². The van der Waals surface area contributed by atoms with E-state index < -0.39 is 50.6 Å². The van der Waals surface area contributed by atoms with Crippen molar-refractivity contribution in [1.82, 2.24) is 9.71 Å². The Morgan fingerprint density at radius 1 is 1.12 bits per heavy atom. The fourth-order valence-electron chi connectivity index (χ4n) is 4.34. The van der Waals surface area contributed by atoms with Crippen LogP contribution in [-0.4, -0.2) is 55.6 Å². The van der Waals surface area contributed by atoms with Crippen LogP contribution in [0.5, 0.6) is 11.5 Å². The van der Waals surface area contributed by atoms with Crippen LogP contribution in [0.15, 0.2) is 59.6 Å². The molecule has 41 heavy (non-hydrogen) atoms. The molecule has 15 heteroatoms. The van der Waals surface area contributed by atoms with Crippen LogP contribution < -0.4 is 19.1 Å². The number of anilines is 1. The van der Waals surface area contributed by atoms with E-state index in [4.69, 9.17) is 16.3 Å². The number of rotatable bonds is 8. The third kappa shape index (κ3) is 6.49. The fourth-order valence-corrected chi connectivity index (χ4v) is 5.51. The highest BCUT2D eigenvalue weighted by atomic mass is 35.5. The normalized spacial score (nSPS) is 18.2. The number of aliphatic hydroxyl groups is 1. The smallest absolute Gasteiger partial charge is 0.477 e. The topological polar surface area (TPSA) is 118 Å². The molecule has 218 valence electrons. The van der Waals surface area contributed by atoms with Gasteiger partial charge in [-0.1, -0.05) is 23.7 Å². The molecule has 9 nitrogen and oxygen atoms in total. The van der Waals surface area contributed by atoms with Crippen LogP contribution in [0.3, 0.4) is 0 Å². The molecule has 1 atom stereocenters.